The monoisotopic (exact) mass is 367 g/mol. The number of thioether (sulfide) groups is 1. The lowest BCUT2D eigenvalue weighted by atomic mass is 10.2. The Kier molecular flexibility index (Phi) is 4.74. The van der Waals surface area contributed by atoms with E-state index >= 15 is 0 Å². The second kappa shape index (κ2) is 6.48. The average molecular weight is 368 g/mol. The molecule has 0 N–H and O–H groups in total. The SMILES string of the molecule is Cc1ccc(S(=O)(=O)N2CCS[C@@H]2c2cccc(Cl)c2)c(C)c1. The van der Waals surface area contributed by atoms with E-state index in [2.05, 4.69) is 0 Å². The molecule has 1 fully saturated rings. The highest BCUT2D eigenvalue weighted by Gasteiger charge is 2.37. The molecule has 1 atom stereocenters. The van der Waals surface area contributed by atoms with Crippen molar-refractivity contribution in [2.45, 2.75) is 24.1 Å². The van der Waals surface area contributed by atoms with Gasteiger partial charge in [0.15, 0.2) is 0 Å². The summed E-state index contributed by atoms with van der Waals surface area (Å²) in [5, 5.41) is 0.401. The van der Waals surface area contributed by atoms with E-state index in [1.54, 1.807) is 28.2 Å². The highest BCUT2D eigenvalue weighted by atomic mass is 35.5. The van der Waals surface area contributed by atoms with E-state index in [1.807, 2.05) is 44.2 Å². The number of nitrogens with zero attached hydrogens (tertiary/aromatic N) is 1. The standard InChI is InChI=1S/C17H18ClNO2S2/c1-12-6-7-16(13(2)10-12)23(20,21)19-8-9-22-17(19)14-4-3-5-15(18)11-14/h3-7,10-11,17H,8-9H2,1-2H3/t17-/m1/s1. The molecule has 0 unspecified atom stereocenters. The van der Waals surface area contributed by atoms with Crippen LogP contribution in [0.2, 0.25) is 5.02 Å². The van der Waals surface area contributed by atoms with Crippen molar-refractivity contribution < 1.29 is 8.42 Å². The second-order valence-corrected chi connectivity index (χ2v) is 9.15. The van der Waals surface area contributed by atoms with E-state index in [1.165, 1.54) is 0 Å². The van der Waals surface area contributed by atoms with Crippen molar-refractivity contribution in [2.75, 3.05) is 12.3 Å². The fourth-order valence-electron chi connectivity index (χ4n) is 2.84. The fourth-order valence-corrected chi connectivity index (χ4v) is 6.48. The van der Waals surface area contributed by atoms with Gasteiger partial charge in [-0.15, -0.1) is 11.8 Å². The van der Waals surface area contributed by atoms with Gasteiger partial charge < -0.3 is 0 Å². The van der Waals surface area contributed by atoms with Crippen LogP contribution in [0.3, 0.4) is 0 Å². The molecular formula is C17H18ClNO2S2. The summed E-state index contributed by atoms with van der Waals surface area (Å²) in [7, 11) is -3.53. The Bertz CT molecular complexity index is 836. The van der Waals surface area contributed by atoms with Crippen LogP contribution in [0.5, 0.6) is 0 Å². The molecule has 1 heterocycles. The first-order valence-corrected chi connectivity index (χ1v) is 10.2. The van der Waals surface area contributed by atoms with Crippen LogP contribution in [-0.4, -0.2) is 25.0 Å². The van der Waals surface area contributed by atoms with Crippen LogP contribution >= 0.6 is 23.4 Å². The largest absolute Gasteiger partial charge is 0.244 e. The van der Waals surface area contributed by atoms with Gasteiger partial charge in [0, 0.05) is 17.3 Å². The Morgan fingerprint density at radius 2 is 1.96 bits per heavy atom. The number of rotatable bonds is 3. The molecule has 122 valence electrons. The Morgan fingerprint density at radius 3 is 2.65 bits per heavy atom. The summed E-state index contributed by atoms with van der Waals surface area (Å²) in [6, 6.07) is 12.9. The first kappa shape index (κ1) is 16.8. The quantitative estimate of drug-likeness (QED) is 0.807. The molecule has 1 saturated heterocycles. The van der Waals surface area contributed by atoms with Gasteiger partial charge in [-0.05, 0) is 43.2 Å². The maximum Gasteiger partial charge on any atom is 0.244 e. The van der Waals surface area contributed by atoms with Crippen molar-refractivity contribution >= 4 is 33.4 Å². The molecular weight excluding hydrogens is 350 g/mol. The molecule has 0 spiro atoms. The van der Waals surface area contributed by atoms with Gasteiger partial charge in [0.2, 0.25) is 10.0 Å². The van der Waals surface area contributed by atoms with E-state index < -0.39 is 10.0 Å². The van der Waals surface area contributed by atoms with Crippen molar-refractivity contribution in [3.63, 3.8) is 0 Å². The molecule has 0 radical (unpaired) electrons. The van der Waals surface area contributed by atoms with Crippen LogP contribution < -0.4 is 0 Å². The normalized spacial score (nSPS) is 19.2. The van der Waals surface area contributed by atoms with Gasteiger partial charge in [0.25, 0.3) is 0 Å². The van der Waals surface area contributed by atoms with Crippen molar-refractivity contribution in [2.24, 2.45) is 0 Å². The lowest BCUT2D eigenvalue weighted by Crippen LogP contribution is -2.31. The first-order chi connectivity index (χ1) is 10.9. The van der Waals surface area contributed by atoms with Crippen LogP contribution in [0.1, 0.15) is 22.1 Å². The molecule has 1 aliphatic heterocycles. The summed E-state index contributed by atoms with van der Waals surface area (Å²) in [4.78, 5) is 0.387. The van der Waals surface area contributed by atoms with Crippen LogP contribution in [0.15, 0.2) is 47.4 Å². The number of benzene rings is 2. The predicted octanol–water partition coefficient (Wildman–Crippen LogP) is 4.39. The zero-order chi connectivity index (χ0) is 16.6. The minimum Gasteiger partial charge on any atom is -0.207 e. The number of aryl methyl sites for hydroxylation is 2. The molecule has 0 amide bonds. The Balaban J connectivity index is 2.01. The van der Waals surface area contributed by atoms with Gasteiger partial charge >= 0.3 is 0 Å². The maximum atomic E-state index is 13.1. The summed E-state index contributed by atoms with van der Waals surface area (Å²) >= 11 is 7.70. The summed E-state index contributed by atoms with van der Waals surface area (Å²) < 4.78 is 27.8. The molecule has 6 heteroatoms. The zero-order valence-corrected chi connectivity index (χ0v) is 15.4. The summed E-state index contributed by atoms with van der Waals surface area (Å²) in [5.41, 5.74) is 2.77. The molecule has 23 heavy (non-hydrogen) atoms. The van der Waals surface area contributed by atoms with E-state index in [9.17, 15) is 8.42 Å². The van der Waals surface area contributed by atoms with Crippen LogP contribution in [-0.2, 0) is 10.0 Å². The van der Waals surface area contributed by atoms with Gasteiger partial charge in [-0.1, -0.05) is 41.4 Å². The smallest absolute Gasteiger partial charge is 0.207 e. The van der Waals surface area contributed by atoms with E-state index in [-0.39, 0.29) is 5.37 Å². The van der Waals surface area contributed by atoms with Gasteiger partial charge in [-0.3, -0.25) is 0 Å². The van der Waals surface area contributed by atoms with Crippen molar-refractivity contribution in [3.8, 4) is 0 Å². The number of halogens is 1. The summed E-state index contributed by atoms with van der Waals surface area (Å²) in [5.74, 6) is 0.779. The average Bonchev–Trinajstić information content (AvgIpc) is 2.97. The lowest BCUT2D eigenvalue weighted by Gasteiger charge is -2.24. The number of hydrogen-bond donors (Lipinski definition) is 0. The molecule has 2 aromatic carbocycles. The molecule has 0 aliphatic carbocycles. The summed E-state index contributed by atoms with van der Waals surface area (Å²) in [6.07, 6.45) is 0. The van der Waals surface area contributed by atoms with Crippen LogP contribution in [0.25, 0.3) is 0 Å². The van der Waals surface area contributed by atoms with E-state index in [4.69, 9.17) is 11.6 Å². The Morgan fingerprint density at radius 1 is 1.17 bits per heavy atom. The molecule has 0 aromatic heterocycles. The third-order valence-corrected chi connectivity index (χ3v) is 7.55. The lowest BCUT2D eigenvalue weighted by molar-refractivity contribution is 0.434. The molecule has 0 saturated carbocycles. The van der Waals surface area contributed by atoms with Gasteiger partial charge in [0.05, 0.1) is 10.3 Å². The van der Waals surface area contributed by atoms with Crippen molar-refractivity contribution in [1.29, 1.82) is 0 Å². The fraction of sp³-hybridized carbons (Fsp3) is 0.294. The highest BCUT2D eigenvalue weighted by molar-refractivity contribution is 8.01. The van der Waals surface area contributed by atoms with Crippen molar-refractivity contribution in [1.82, 2.24) is 4.31 Å². The van der Waals surface area contributed by atoms with Gasteiger partial charge in [-0.25, -0.2) is 8.42 Å². The topological polar surface area (TPSA) is 37.4 Å². The Hall–Kier alpha value is -1.01. The van der Waals surface area contributed by atoms with E-state index in [0.29, 0.717) is 16.5 Å². The molecule has 2 aromatic rings. The zero-order valence-electron chi connectivity index (χ0n) is 13.0. The van der Waals surface area contributed by atoms with Crippen LogP contribution in [0, 0.1) is 13.8 Å². The van der Waals surface area contributed by atoms with E-state index in [0.717, 1.165) is 22.4 Å². The minimum absolute atomic E-state index is 0.223. The maximum absolute atomic E-state index is 13.1. The number of sulfonamides is 1. The molecule has 1 aliphatic rings. The number of hydrogen-bond acceptors (Lipinski definition) is 3. The van der Waals surface area contributed by atoms with Gasteiger partial charge in [-0.2, -0.15) is 4.31 Å². The third-order valence-electron chi connectivity index (χ3n) is 3.90. The summed E-state index contributed by atoms with van der Waals surface area (Å²) in [6.45, 7) is 4.32. The van der Waals surface area contributed by atoms with Crippen molar-refractivity contribution in [3.05, 3.63) is 64.2 Å². The first-order valence-electron chi connectivity index (χ1n) is 7.36. The second-order valence-electron chi connectivity index (χ2n) is 5.66. The molecule has 3 nitrogen and oxygen atoms in total. The van der Waals surface area contributed by atoms with Gasteiger partial charge in [0.1, 0.15) is 0 Å². The molecule has 3 rings (SSSR count). The molecule has 0 bridgehead atoms. The Labute approximate surface area is 146 Å². The minimum atomic E-state index is -3.53. The highest BCUT2D eigenvalue weighted by Crippen LogP contribution is 2.42. The third kappa shape index (κ3) is 3.29. The predicted molar refractivity (Wildman–Crippen MR) is 96.5 cm³/mol. The van der Waals surface area contributed by atoms with Crippen LogP contribution in [0.4, 0.5) is 0 Å².